The predicted molar refractivity (Wildman–Crippen MR) is 47.2 cm³/mol. The summed E-state index contributed by atoms with van der Waals surface area (Å²) in [5, 5.41) is 0. The molecule has 0 atom stereocenters. The Morgan fingerprint density at radius 2 is 2.38 bits per heavy atom. The number of hydrogen-bond donors (Lipinski definition) is 0. The van der Waals surface area contributed by atoms with Crippen molar-refractivity contribution in [3.8, 4) is 0 Å². The van der Waals surface area contributed by atoms with Crippen LogP contribution in [0.15, 0.2) is 43.0 Å². The van der Waals surface area contributed by atoms with Crippen molar-refractivity contribution >= 4 is 5.91 Å². The molecule has 0 N–H and O–H groups in total. The van der Waals surface area contributed by atoms with Gasteiger partial charge in [0.2, 0.25) is 0 Å². The molecule has 0 aliphatic heterocycles. The Hall–Kier alpha value is -1.90. The molecule has 0 saturated carbocycles. The molecule has 63 valence electrons. The molecule has 1 aromatic heterocycles. The minimum Gasteiger partial charge on any atom is -0.272 e. The van der Waals surface area contributed by atoms with Gasteiger partial charge in [0.05, 0.1) is 0 Å². The van der Waals surface area contributed by atoms with Gasteiger partial charge in [0.1, 0.15) is 6.33 Å². The van der Waals surface area contributed by atoms with Gasteiger partial charge in [0.15, 0.2) is 0 Å². The summed E-state index contributed by atoms with van der Waals surface area (Å²) < 4.78 is 1.42. The quantitative estimate of drug-likeness (QED) is 0.649. The van der Waals surface area contributed by atoms with Gasteiger partial charge in [-0.05, 0) is 12.1 Å². The molecule has 0 unspecified atom stereocenters. The van der Waals surface area contributed by atoms with Crippen molar-refractivity contribution in [2.75, 3.05) is 0 Å². The van der Waals surface area contributed by atoms with Crippen molar-refractivity contribution in [1.82, 2.24) is 9.55 Å². The smallest absolute Gasteiger partial charge is 0.263 e. The Morgan fingerprint density at radius 1 is 1.46 bits per heavy atom. The van der Waals surface area contributed by atoms with E-state index in [2.05, 4.69) is 11.1 Å². The summed E-state index contributed by atoms with van der Waals surface area (Å²) in [5.74, 6) is -0.113. The summed E-state index contributed by atoms with van der Waals surface area (Å²) >= 11 is 0. The van der Waals surface area contributed by atoms with Crippen molar-refractivity contribution in [1.29, 1.82) is 0 Å². The SMILES string of the molecule is O=C(c1[c]cccc1)n1ccnc1. The second kappa shape index (κ2) is 3.23. The van der Waals surface area contributed by atoms with Gasteiger partial charge in [0.25, 0.3) is 5.91 Å². The summed E-state index contributed by atoms with van der Waals surface area (Å²) in [6, 6.07) is 9.93. The van der Waals surface area contributed by atoms with Crippen LogP contribution in [0.2, 0.25) is 0 Å². The molecule has 1 heterocycles. The lowest BCUT2D eigenvalue weighted by molar-refractivity contribution is 0.0959. The Kier molecular flexibility index (Phi) is 1.92. The van der Waals surface area contributed by atoms with E-state index in [0.717, 1.165) is 0 Å². The highest BCUT2D eigenvalue weighted by atomic mass is 16.2. The predicted octanol–water partition coefficient (Wildman–Crippen LogP) is 1.37. The molecule has 1 radical (unpaired) electrons. The lowest BCUT2D eigenvalue weighted by Gasteiger charge is -1.98. The zero-order chi connectivity index (χ0) is 9.10. The van der Waals surface area contributed by atoms with Crippen LogP contribution in [-0.4, -0.2) is 15.5 Å². The second-order valence-electron chi connectivity index (χ2n) is 2.55. The van der Waals surface area contributed by atoms with Crippen molar-refractivity contribution in [2.24, 2.45) is 0 Å². The number of carbonyl (C=O) groups excluding carboxylic acids is 1. The minimum atomic E-state index is -0.113. The maximum atomic E-state index is 11.6. The van der Waals surface area contributed by atoms with Crippen molar-refractivity contribution in [2.45, 2.75) is 0 Å². The van der Waals surface area contributed by atoms with E-state index < -0.39 is 0 Å². The van der Waals surface area contributed by atoms with Gasteiger partial charge >= 0.3 is 0 Å². The van der Waals surface area contributed by atoms with Crippen molar-refractivity contribution in [3.05, 3.63) is 54.6 Å². The lowest BCUT2D eigenvalue weighted by atomic mass is 10.2. The van der Waals surface area contributed by atoms with Crippen molar-refractivity contribution < 1.29 is 4.79 Å². The summed E-state index contributed by atoms with van der Waals surface area (Å²) in [7, 11) is 0. The van der Waals surface area contributed by atoms with E-state index >= 15 is 0 Å². The highest BCUT2D eigenvalue weighted by molar-refractivity contribution is 5.95. The molecule has 0 spiro atoms. The number of rotatable bonds is 1. The Morgan fingerprint density at radius 3 is 3.00 bits per heavy atom. The highest BCUT2D eigenvalue weighted by Crippen LogP contribution is 2.00. The molecule has 0 amide bonds. The summed E-state index contributed by atoms with van der Waals surface area (Å²) in [6.45, 7) is 0. The van der Waals surface area contributed by atoms with Gasteiger partial charge in [-0.2, -0.15) is 0 Å². The van der Waals surface area contributed by atoms with E-state index in [0.29, 0.717) is 5.56 Å². The van der Waals surface area contributed by atoms with Gasteiger partial charge in [-0.3, -0.25) is 9.36 Å². The fraction of sp³-hybridized carbons (Fsp3) is 0. The van der Waals surface area contributed by atoms with Crippen LogP contribution in [0.5, 0.6) is 0 Å². The molecule has 3 nitrogen and oxygen atoms in total. The monoisotopic (exact) mass is 171 g/mol. The molecule has 0 aliphatic carbocycles. The van der Waals surface area contributed by atoms with E-state index in [-0.39, 0.29) is 5.91 Å². The van der Waals surface area contributed by atoms with E-state index in [1.807, 2.05) is 6.07 Å². The van der Waals surface area contributed by atoms with Gasteiger partial charge in [-0.1, -0.05) is 18.2 Å². The Balaban J connectivity index is 2.34. The first kappa shape index (κ1) is 7.73. The third-order valence-corrected chi connectivity index (χ3v) is 1.68. The van der Waals surface area contributed by atoms with Gasteiger partial charge in [-0.25, -0.2) is 4.98 Å². The van der Waals surface area contributed by atoms with Crippen LogP contribution in [0.1, 0.15) is 10.4 Å². The second-order valence-corrected chi connectivity index (χ2v) is 2.55. The molecule has 3 heteroatoms. The van der Waals surface area contributed by atoms with Crippen LogP contribution >= 0.6 is 0 Å². The number of carbonyl (C=O) groups is 1. The van der Waals surface area contributed by atoms with Crippen molar-refractivity contribution in [3.63, 3.8) is 0 Å². The maximum Gasteiger partial charge on any atom is 0.263 e. The number of nitrogens with zero attached hydrogens (tertiary/aromatic N) is 2. The van der Waals surface area contributed by atoms with E-state index in [1.54, 1.807) is 30.6 Å². The average molecular weight is 171 g/mol. The van der Waals surface area contributed by atoms with Crippen LogP contribution in [0.25, 0.3) is 0 Å². The van der Waals surface area contributed by atoms with Crippen LogP contribution in [-0.2, 0) is 0 Å². The summed E-state index contributed by atoms with van der Waals surface area (Å²) in [4.78, 5) is 15.4. The third kappa shape index (κ3) is 1.49. The van der Waals surface area contributed by atoms with E-state index in [1.165, 1.54) is 10.9 Å². The van der Waals surface area contributed by atoms with Crippen LogP contribution in [0.3, 0.4) is 0 Å². The van der Waals surface area contributed by atoms with Crippen LogP contribution < -0.4 is 0 Å². The number of benzene rings is 1. The topological polar surface area (TPSA) is 34.9 Å². The lowest BCUT2D eigenvalue weighted by Crippen LogP contribution is -2.09. The standard InChI is InChI=1S/C10H7N2O/c13-10(12-7-6-11-8-12)9-4-2-1-3-5-9/h1-4,6-8H. The number of hydrogen-bond acceptors (Lipinski definition) is 2. The molecule has 0 fully saturated rings. The third-order valence-electron chi connectivity index (χ3n) is 1.68. The average Bonchev–Trinajstić information content (AvgIpc) is 2.71. The first-order valence-corrected chi connectivity index (χ1v) is 3.87. The van der Waals surface area contributed by atoms with Gasteiger partial charge < -0.3 is 0 Å². The van der Waals surface area contributed by atoms with Crippen LogP contribution in [0, 0.1) is 6.07 Å². The molecular formula is C10H7N2O. The Bertz CT molecular complexity index is 392. The number of imidazole rings is 1. The summed E-state index contributed by atoms with van der Waals surface area (Å²) in [6.07, 6.45) is 4.66. The van der Waals surface area contributed by atoms with Gasteiger partial charge in [-0.15, -0.1) is 0 Å². The number of aromatic nitrogens is 2. The van der Waals surface area contributed by atoms with E-state index in [4.69, 9.17) is 0 Å². The largest absolute Gasteiger partial charge is 0.272 e. The van der Waals surface area contributed by atoms with Crippen LogP contribution in [0.4, 0.5) is 0 Å². The highest BCUT2D eigenvalue weighted by Gasteiger charge is 2.05. The first-order chi connectivity index (χ1) is 6.38. The Labute approximate surface area is 75.7 Å². The molecule has 13 heavy (non-hydrogen) atoms. The maximum absolute atomic E-state index is 11.6. The fourth-order valence-corrected chi connectivity index (χ4v) is 1.04. The fourth-order valence-electron chi connectivity index (χ4n) is 1.04. The zero-order valence-corrected chi connectivity index (χ0v) is 6.84. The minimum absolute atomic E-state index is 0.113. The molecule has 2 aromatic rings. The molecule has 2 rings (SSSR count). The molecule has 0 bridgehead atoms. The summed E-state index contributed by atoms with van der Waals surface area (Å²) in [5.41, 5.74) is 0.542. The zero-order valence-electron chi connectivity index (χ0n) is 6.84. The molecule has 1 aromatic carbocycles. The molecular weight excluding hydrogens is 164 g/mol. The first-order valence-electron chi connectivity index (χ1n) is 3.87. The molecule has 0 aliphatic rings. The van der Waals surface area contributed by atoms with Gasteiger partial charge in [0, 0.05) is 18.0 Å². The molecule has 0 saturated heterocycles. The normalized spacial score (nSPS) is 9.85. The van der Waals surface area contributed by atoms with E-state index in [9.17, 15) is 4.79 Å².